The number of ketones is 1. The first-order valence-corrected chi connectivity index (χ1v) is 6.07. The zero-order valence-corrected chi connectivity index (χ0v) is 11.7. The maximum atomic E-state index is 11.6. The molecule has 1 rings (SSSR count). The molecule has 9 heteroatoms. The molecule has 0 aliphatic rings. The van der Waals surface area contributed by atoms with E-state index in [1.165, 1.54) is 6.92 Å². The number of hydrogen-bond donors (Lipinski definition) is 2. The van der Waals surface area contributed by atoms with E-state index >= 15 is 0 Å². The number of nitrogens with zero attached hydrogens (tertiary/aromatic N) is 3. The molecule has 19 heavy (non-hydrogen) atoms. The van der Waals surface area contributed by atoms with Crippen LogP contribution < -0.4 is 5.32 Å². The molecule has 0 unspecified atom stereocenters. The van der Waals surface area contributed by atoms with E-state index in [4.69, 9.17) is 9.94 Å². The first kappa shape index (κ1) is 15.0. The molecule has 8 nitrogen and oxygen atoms in total. The van der Waals surface area contributed by atoms with Crippen LogP contribution in [-0.4, -0.2) is 37.8 Å². The van der Waals surface area contributed by atoms with E-state index in [9.17, 15) is 9.59 Å². The van der Waals surface area contributed by atoms with Gasteiger partial charge >= 0.3 is 6.09 Å². The Balaban J connectivity index is 2.71. The van der Waals surface area contributed by atoms with Crippen LogP contribution in [0.1, 0.15) is 38.3 Å². The van der Waals surface area contributed by atoms with Gasteiger partial charge in [-0.15, -0.1) is 0 Å². The molecule has 1 amide bonds. The van der Waals surface area contributed by atoms with Crippen molar-refractivity contribution < 1.29 is 19.5 Å². The molecular weight excluding hydrogens is 272 g/mol. The second-order valence-corrected chi connectivity index (χ2v) is 5.32. The lowest BCUT2D eigenvalue weighted by molar-refractivity contribution is 0.0635. The van der Waals surface area contributed by atoms with Crippen LogP contribution >= 0.6 is 11.5 Å². The number of ether oxygens (including phenoxy) is 1. The molecule has 2 N–H and O–H groups in total. The van der Waals surface area contributed by atoms with Gasteiger partial charge in [0.25, 0.3) is 0 Å². The van der Waals surface area contributed by atoms with Crippen LogP contribution in [0.5, 0.6) is 0 Å². The molecule has 0 aliphatic carbocycles. The minimum absolute atomic E-state index is 0.128. The molecule has 0 spiro atoms. The Morgan fingerprint density at radius 1 is 1.42 bits per heavy atom. The van der Waals surface area contributed by atoms with Gasteiger partial charge in [0.15, 0.2) is 0 Å². The van der Waals surface area contributed by atoms with Crippen molar-refractivity contribution in [3.05, 3.63) is 5.82 Å². The normalized spacial score (nSPS) is 12.1. The summed E-state index contributed by atoms with van der Waals surface area (Å²) >= 11 is 0.830. The average Bonchev–Trinajstić information content (AvgIpc) is 2.72. The fourth-order valence-electron chi connectivity index (χ4n) is 0.965. The first-order chi connectivity index (χ1) is 8.73. The highest BCUT2D eigenvalue weighted by Gasteiger charge is 2.20. The van der Waals surface area contributed by atoms with Gasteiger partial charge in [-0.05, 0) is 27.7 Å². The summed E-state index contributed by atoms with van der Waals surface area (Å²) in [5.41, 5.74) is -0.769. The van der Waals surface area contributed by atoms with Gasteiger partial charge in [-0.2, -0.15) is 9.36 Å². The number of carbonyl (C=O) groups excluding carboxylic acids is 2. The van der Waals surface area contributed by atoms with Crippen molar-refractivity contribution in [2.75, 3.05) is 5.32 Å². The van der Waals surface area contributed by atoms with Crippen LogP contribution in [0.2, 0.25) is 0 Å². The fraction of sp³-hybridized carbons (Fsp3) is 0.500. The second-order valence-electron chi connectivity index (χ2n) is 4.56. The van der Waals surface area contributed by atoms with Crippen molar-refractivity contribution in [2.45, 2.75) is 33.3 Å². The third kappa shape index (κ3) is 4.62. The van der Waals surface area contributed by atoms with E-state index in [0.29, 0.717) is 0 Å². The van der Waals surface area contributed by atoms with Crippen molar-refractivity contribution in [2.24, 2.45) is 5.16 Å². The molecule has 0 saturated carbocycles. The van der Waals surface area contributed by atoms with E-state index in [0.717, 1.165) is 11.5 Å². The van der Waals surface area contributed by atoms with Crippen molar-refractivity contribution in [1.29, 1.82) is 0 Å². The maximum absolute atomic E-state index is 11.6. The number of aromatic nitrogens is 2. The molecule has 0 aliphatic heterocycles. The number of carbonyl (C=O) groups is 2. The van der Waals surface area contributed by atoms with Gasteiger partial charge in [0.05, 0.1) is 0 Å². The Morgan fingerprint density at radius 3 is 2.58 bits per heavy atom. The summed E-state index contributed by atoms with van der Waals surface area (Å²) in [6.07, 6.45) is -0.685. The van der Waals surface area contributed by atoms with Gasteiger partial charge in [-0.3, -0.25) is 10.1 Å². The number of anilines is 1. The predicted octanol–water partition coefficient (Wildman–Crippen LogP) is 1.92. The van der Waals surface area contributed by atoms with Crippen LogP contribution in [0.15, 0.2) is 5.16 Å². The first-order valence-electron chi connectivity index (χ1n) is 5.30. The smallest absolute Gasteiger partial charge is 0.414 e. The Labute approximate surface area is 113 Å². The van der Waals surface area contributed by atoms with Crippen LogP contribution in [-0.2, 0) is 4.74 Å². The van der Waals surface area contributed by atoms with Crippen molar-refractivity contribution in [3.8, 4) is 0 Å². The molecule has 1 aromatic rings. The van der Waals surface area contributed by atoms with Gasteiger partial charge in [0.2, 0.25) is 16.7 Å². The Hall–Kier alpha value is -2.03. The summed E-state index contributed by atoms with van der Waals surface area (Å²) in [5, 5.41) is 13.7. The van der Waals surface area contributed by atoms with Crippen LogP contribution in [0.4, 0.5) is 9.93 Å². The summed E-state index contributed by atoms with van der Waals surface area (Å²) in [4.78, 5) is 26.8. The largest absolute Gasteiger partial charge is 0.444 e. The van der Waals surface area contributed by atoms with E-state index in [2.05, 4.69) is 19.8 Å². The quantitative estimate of drug-likeness (QED) is 0.380. The summed E-state index contributed by atoms with van der Waals surface area (Å²) < 4.78 is 8.77. The van der Waals surface area contributed by atoms with Crippen molar-refractivity contribution in [1.82, 2.24) is 9.36 Å². The number of nitrogens with one attached hydrogen (secondary N) is 1. The van der Waals surface area contributed by atoms with Crippen LogP contribution in [0, 0.1) is 0 Å². The lowest BCUT2D eigenvalue weighted by Crippen LogP contribution is -2.27. The zero-order chi connectivity index (χ0) is 14.6. The van der Waals surface area contributed by atoms with Crippen LogP contribution in [0.25, 0.3) is 0 Å². The highest BCUT2D eigenvalue weighted by atomic mass is 32.1. The molecule has 0 bridgehead atoms. The number of oxime groups is 1. The van der Waals surface area contributed by atoms with Crippen LogP contribution in [0.3, 0.4) is 0 Å². The second kappa shape index (κ2) is 5.74. The van der Waals surface area contributed by atoms with Crippen molar-refractivity contribution >= 4 is 34.3 Å². The highest BCUT2D eigenvalue weighted by Crippen LogP contribution is 2.14. The third-order valence-electron chi connectivity index (χ3n) is 1.72. The summed E-state index contributed by atoms with van der Waals surface area (Å²) in [5.74, 6) is -0.762. The molecule has 0 fully saturated rings. The molecule has 0 aromatic carbocycles. The predicted molar refractivity (Wildman–Crippen MR) is 69.0 cm³/mol. The molecule has 1 aromatic heterocycles. The molecule has 1 heterocycles. The summed E-state index contributed by atoms with van der Waals surface area (Å²) in [6.45, 7) is 6.50. The fourth-order valence-corrected chi connectivity index (χ4v) is 1.52. The lowest BCUT2D eigenvalue weighted by atomic mass is 10.2. The minimum atomic E-state index is -0.685. The molecular formula is C10H14N4O4S. The van der Waals surface area contributed by atoms with Gasteiger partial charge < -0.3 is 9.94 Å². The molecule has 104 valence electrons. The van der Waals surface area contributed by atoms with E-state index < -0.39 is 17.5 Å². The minimum Gasteiger partial charge on any atom is -0.444 e. The van der Waals surface area contributed by atoms with E-state index in [-0.39, 0.29) is 16.7 Å². The zero-order valence-electron chi connectivity index (χ0n) is 10.9. The van der Waals surface area contributed by atoms with Crippen molar-refractivity contribution in [3.63, 3.8) is 0 Å². The number of Topliss-reactive ketones (excluding diaryl/α,β-unsaturated/α-hetero) is 1. The molecule has 0 atom stereocenters. The average molecular weight is 286 g/mol. The van der Waals surface area contributed by atoms with Gasteiger partial charge in [0.1, 0.15) is 11.3 Å². The Bertz CT molecular complexity index is 518. The third-order valence-corrected chi connectivity index (χ3v) is 2.35. The topological polar surface area (TPSA) is 114 Å². The van der Waals surface area contributed by atoms with Gasteiger partial charge in [-0.1, -0.05) is 5.16 Å². The number of rotatable bonds is 3. The highest BCUT2D eigenvalue weighted by molar-refractivity contribution is 7.10. The Morgan fingerprint density at radius 2 is 2.05 bits per heavy atom. The molecule has 0 radical (unpaired) electrons. The standard InChI is InChI=1S/C10H14N4O4S/c1-5(13-17)6(15)7-11-8(19-14-7)12-9(16)18-10(2,3)4/h17H,1-4H3,(H,11,12,14,16)/b13-5-. The Kier molecular flexibility index (Phi) is 4.54. The van der Waals surface area contributed by atoms with Gasteiger partial charge in [-0.25, -0.2) is 4.79 Å². The maximum Gasteiger partial charge on any atom is 0.414 e. The lowest BCUT2D eigenvalue weighted by Gasteiger charge is -2.18. The van der Waals surface area contributed by atoms with E-state index in [1.54, 1.807) is 20.8 Å². The summed E-state index contributed by atoms with van der Waals surface area (Å²) in [7, 11) is 0. The SMILES string of the molecule is C/C(=N/O)C(=O)c1nsc(NC(=O)OC(C)(C)C)n1. The van der Waals surface area contributed by atoms with E-state index in [1.807, 2.05) is 0 Å². The number of amides is 1. The summed E-state index contributed by atoms with van der Waals surface area (Å²) in [6, 6.07) is 0. The monoisotopic (exact) mass is 286 g/mol. The molecule has 0 saturated heterocycles. The number of hydrogen-bond acceptors (Lipinski definition) is 8. The van der Waals surface area contributed by atoms with Gasteiger partial charge in [0, 0.05) is 11.5 Å².